The molecule has 1 rings (SSSR count). The zero-order chi connectivity index (χ0) is 15.2. The van der Waals surface area contributed by atoms with Gasteiger partial charge in [0.2, 0.25) is 15.9 Å². The Labute approximate surface area is 119 Å². The topological polar surface area (TPSA) is 84.5 Å². The predicted octanol–water partition coefficient (Wildman–Crippen LogP) is 0.636. The van der Waals surface area contributed by atoms with Crippen molar-refractivity contribution in [3.05, 3.63) is 29.8 Å². The number of carbonyl (C=O) groups is 1. The normalized spacial score (nSPS) is 12.9. The van der Waals surface area contributed by atoms with Gasteiger partial charge in [-0.15, -0.1) is 0 Å². The summed E-state index contributed by atoms with van der Waals surface area (Å²) in [5.74, 6) is -0.128. The molecule has 0 heterocycles. The Morgan fingerprint density at radius 3 is 2.40 bits per heavy atom. The van der Waals surface area contributed by atoms with Crippen LogP contribution in [0.3, 0.4) is 0 Å². The summed E-state index contributed by atoms with van der Waals surface area (Å²) in [5.41, 5.74) is 0.837. The molecule has 0 saturated heterocycles. The van der Waals surface area contributed by atoms with Gasteiger partial charge >= 0.3 is 0 Å². The van der Waals surface area contributed by atoms with E-state index in [9.17, 15) is 13.2 Å². The standard InChI is InChI=1S/C13H20N2O4S/c1-10(19-3)8-15-20(17,18)13-6-4-12(5-7-13)9-14-11(2)16/h4-7,10,15H,8-9H2,1-3H3,(H,14,16). The molecule has 0 saturated carbocycles. The van der Waals surface area contributed by atoms with Gasteiger partial charge in [-0.2, -0.15) is 0 Å². The first-order chi connectivity index (χ1) is 9.35. The third-order valence-electron chi connectivity index (χ3n) is 2.74. The number of carbonyl (C=O) groups excluding carboxylic acids is 1. The molecule has 6 nitrogen and oxygen atoms in total. The Morgan fingerprint density at radius 2 is 1.90 bits per heavy atom. The molecule has 0 aliphatic carbocycles. The van der Waals surface area contributed by atoms with Gasteiger partial charge < -0.3 is 10.1 Å². The van der Waals surface area contributed by atoms with Crippen LogP contribution in [0.25, 0.3) is 0 Å². The lowest BCUT2D eigenvalue weighted by molar-refractivity contribution is -0.119. The second-order valence-electron chi connectivity index (χ2n) is 4.45. The Kier molecular flexibility index (Phi) is 6.12. The molecule has 0 spiro atoms. The van der Waals surface area contributed by atoms with Crippen LogP contribution in [0.5, 0.6) is 0 Å². The smallest absolute Gasteiger partial charge is 0.240 e. The lowest BCUT2D eigenvalue weighted by Gasteiger charge is -2.11. The van der Waals surface area contributed by atoms with E-state index in [1.807, 2.05) is 0 Å². The van der Waals surface area contributed by atoms with Gasteiger partial charge in [0.05, 0.1) is 11.0 Å². The molecule has 7 heteroatoms. The van der Waals surface area contributed by atoms with Crippen molar-refractivity contribution >= 4 is 15.9 Å². The highest BCUT2D eigenvalue weighted by molar-refractivity contribution is 7.89. The van der Waals surface area contributed by atoms with Crippen molar-refractivity contribution in [3.63, 3.8) is 0 Å². The summed E-state index contributed by atoms with van der Waals surface area (Å²) < 4.78 is 31.4. The van der Waals surface area contributed by atoms with Gasteiger partial charge in [-0.3, -0.25) is 4.79 Å². The fraction of sp³-hybridized carbons (Fsp3) is 0.462. The molecule has 0 bridgehead atoms. The number of hydrogen-bond donors (Lipinski definition) is 2. The summed E-state index contributed by atoms with van der Waals surface area (Å²) >= 11 is 0. The summed E-state index contributed by atoms with van der Waals surface area (Å²) in [5, 5.41) is 2.65. The molecular weight excluding hydrogens is 280 g/mol. The third kappa shape index (κ3) is 5.28. The van der Waals surface area contributed by atoms with E-state index in [4.69, 9.17) is 4.74 Å². The molecule has 0 aliphatic heterocycles. The molecule has 0 radical (unpaired) electrons. The first-order valence-corrected chi connectivity index (χ1v) is 7.69. The Hall–Kier alpha value is -1.44. The fourth-order valence-corrected chi connectivity index (χ4v) is 2.52. The van der Waals surface area contributed by atoms with Gasteiger partial charge in [0.1, 0.15) is 0 Å². The minimum absolute atomic E-state index is 0.128. The number of amides is 1. The number of sulfonamides is 1. The van der Waals surface area contributed by atoms with Crippen LogP contribution < -0.4 is 10.0 Å². The van der Waals surface area contributed by atoms with Crippen molar-refractivity contribution in [2.75, 3.05) is 13.7 Å². The highest BCUT2D eigenvalue weighted by Crippen LogP contribution is 2.10. The van der Waals surface area contributed by atoms with Crippen molar-refractivity contribution in [2.45, 2.75) is 31.4 Å². The summed E-state index contributed by atoms with van der Waals surface area (Å²) in [4.78, 5) is 11.0. The van der Waals surface area contributed by atoms with Crippen LogP contribution >= 0.6 is 0 Å². The molecule has 0 aliphatic rings. The SMILES string of the molecule is COC(C)CNS(=O)(=O)c1ccc(CNC(C)=O)cc1. The largest absolute Gasteiger partial charge is 0.380 e. The number of rotatable bonds is 7. The molecule has 0 fully saturated rings. The van der Waals surface area contributed by atoms with Crippen LogP contribution in [-0.2, 0) is 26.1 Å². The second kappa shape index (κ2) is 7.37. The maximum Gasteiger partial charge on any atom is 0.240 e. The van der Waals surface area contributed by atoms with E-state index in [1.54, 1.807) is 19.1 Å². The quantitative estimate of drug-likeness (QED) is 0.774. The molecule has 1 amide bonds. The first-order valence-electron chi connectivity index (χ1n) is 6.21. The number of hydrogen-bond acceptors (Lipinski definition) is 4. The molecule has 0 aromatic heterocycles. The van der Waals surface area contributed by atoms with E-state index in [-0.39, 0.29) is 23.5 Å². The first kappa shape index (κ1) is 16.6. The Morgan fingerprint density at radius 1 is 1.30 bits per heavy atom. The number of benzene rings is 1. The Bertz CT molecular complexity index is 540. The molecule has 1 aromatic rings. The zero-order valence-electron chi connectivity index (χ0n) is 11.8. The van der Waals surface area contributed by atoms with Crippen LogP contribution in [0.4, 0.5) is 0 Å². The lowest BCUT2D eigenvalue weighted by Crippen LogP contribution is -2.31. The highest BCUT2D eigenvalue weighted by atomic mass is 32.2. The maximum absolute atomic E-state index is 12.0. The lowest BCUT2D eigenvalue weighted by atomic mass is 10.2. The zero-order valence-corrected chi connectivity index (χ0v) is 12.7. The van der Waals surface area contributed by atoms with Crippen LogP contribution in [0.1, 0.15) is 19.4 Å². The predicted molar refractivity (Wildman–Crippen MR) is 75.6 cm³/mol. The van der Waals surface area contributed by atoms with Crippen LogP contribution in [0.15, 0.2) is 29.2 Å². The van der Waals surface area contributed by atoms with Crippen LogP contribution in [0, 0.1) is 0 Å². The summed E-state index contributed by atoms with van der Waals surface area (Å²) in [6, 6.07) is 6.36. The average molecular weight is 300 g/mol. The molecule has 1 aromatic carbocycles. The van der Waals surface area contributed by atoms with Crippen molar-refractivity contribution in [1.29, 1.82) is 0 Å². The van der Waals surface area contributed by atoms with Crippen molar-refractivity contribution in [1.82, 2.24) is 10.0 Å². The van der Waals surface area contributed by atoms with E-state index in [0.717, 1.165) is 5.56 Å². The molecule has 1 atom stereocenters. The van der Waals surface area contributed by atoms with Crippen molar-refractivity contribution in [3.8, 4) is 0 Å². The summed E-state index contributed by atoms with van der Waals surface area (Å²) in [6.07, 6.45) is -0.191. The minimum Gasteiger partial charge on any atom is -0.380 e. The number of nitrogens with one attached hydrogen (secondary N) is 2. The van der Waals surface area contributed by atoms with Crippen LogP contribution in [0.2, 0.25) is 0 Å². The van der Waals surface area contributed by atoms with E-state index in [0.29, 0.717) is 6.54 Å². The highest BCUT2D eigenvalue weighted by Gasteiger charge is 2.14. The number of methoxy groups -OCH3 is 1. The van der Waals surface area contributed by atoms with Gasteiger partial charge in [0, 0.05) is 27.1 Å². The van der Waals surface area contributed by atoms with E-state index >= 15 is 0 Å². The third-order valence-corrected chi connectivity index (χ3v) is 4.18. The van der Waals surface area contributed by atoms with E-state index in [2.05, 4.69) is 10.0 Å². The van der Waals surface area contributed by atoms with Gasteiger partial charge in [-0.1, -0.05) is 12.1 Å². The average Bonchev–Trinajstić information content (AvgIpc) is 2.43. The van der Waals surface area contributed by atoms with Crippen molar-refractivity contribution in [2.24, 2.45) is 0 Å². The number of ether oxygens (including phenoxy) is 1. The van der Waals surface area contributed by atoms with Crippen molar-refractivity contribution < 1.29 is 17.9 Å². The molecule has 112 valence electrons. The maximum atomic E-state index is 12.0. The monoisotopic (exact) mass is 300 g/mol. The van der Waals surface area contributed by atoms with E-state index in [1.165, 1.54) is 26.2 Å². The van der Waals surface area contributed by atoms with Gasteiger partial charge in [-0.05, 0) is 24.6 Å². The molecular formula is C13H20N2O4S. The minimum atomic E-state index is -3.53. The van der Waals surface area contributed by atoms with Crippen LogP contribution in [-0.4, -0.2) is 34.1 Å². The van der Waals surface area contributed by atoms with E-state index < -0.39 is 10.0 Å². The summed E-state index contributed by atoms with van der Waals surface area (Å²) in [6.45, 7) is 3.80. The fourth-order valence-electron chi connectivity index (χ4n) is 1.41. The Balaban J connectivity index is 2.69. The van der Waals surface area contributed by atoms with Gasteiger partial charge in [0.15, 0.2) is 0 Å². The molecule has 20 heavy (non-hydrogen) atoms. The van der Waals surface area contributed by atoms with Gasteiger partial charge in [-0.25, -0.2) is 13.1 Å². The molecule has 2 N–H and O–H groups in total. The van der Waals surface area contributed by atoms with Gasteiger partial charge in [0.25, 0.3) is 0 Å². The molecule has 1 unspecified atom stereocenters. The summed E-state index contributed by atoms with van der Waals surface area (Å²) in [7, 11) is -2.01. The second-order valence-corrected chi connectivity index (χ2v) is 6.22.